The van der Waals surface area contributed by atoms with E-state index in [1.54, 1.807) is 18.2 Å². The van der Waals surface area contributed by atoms with Crippen LogP contribution in [0, 0.1) is 24.2 Å². The molecule has 2 fully saturated rings. The normalized spacial score (nSPS) is 28.6. The summed E-state index contributed by atoms with van der Waals surface area (Å²) >= 11 is 0. The summed E-state index contributed by atoms with van der Waals surface area (Å²) in [4.78, 5) is 10.9. The van der Waals surface area contributed by atoms with Gasteiger partial charge in [0.05, 0.1) is 0 Å². The van der Waals surface area contributed by atoms with Crippen LogP contribution in [0.5, 0.6) is 0 Å². The van der Waals surface area contributed by atoms with Crippen molar-refractivity contribution in [2.24, 2.45) is 0 Å². The highest BCUT2D eigenvalue weighted by Crippen LogP contribution is 2.27. The van der Waals surface area contributed by atoms with Gasteiger partial charge in [0.1, 0.15) is 24.4 Å². The average molecular weight is 270 g/mol. The number of aliphatic hydroxyl groups is 1. The van der Waals surface area contributed by atoms with Gasteiger partial charge in [0.2, 0.25) is 0 Å². The van der Waals surface area contributed by atoms with Crippen molar-refractivity contribution in [2.45, 2.75) is 37.3 Å². The lowest BCUT2D eigenvalue weighted by Gasteiger charge is -2.04. The van der Waals surface area contributed by atoms with Gasteiger partial charge in [0, 0.05) is 12.5 Å². The molecule has 0 aromatic carbocycles. The van der Waals surface area contributed by atoms with Crippen LogP contribution in [-0.4, -0.2) is 35.5 Å². The summed E-state index contributed by atoms with van der Waals surface area (Å²) in [6.45, 7) is 0. The molecule has 102 valence electrons. The molecule has 0 spiro atoms. The third-order valence-corrected chi connectivity index (χ3v) is 2.90. The van der Waals surface area contributed by atoms with Crippen LogP contribution in [-0.2, 0) is 14.3 Å². The number of ether oxygens (including phenoxy) is 2. The molecule has 0 unspecified atom stereocenters. The third-order valence-electron chi connectivity index (χ3n) is 2.90. The van der Waals surface area contributed by atoms with Gasteiger partial charge in [0.25, 0.3) is 0 Å². The largest absolute Gasteiger partial charge is 0.458 e. The zero-order valence-corrected chi connectivity index (χ0v) is 10.8. The van der Waals surface area contributed by atoms with Crippen molar-refractivity contribution < 1.29 is 19.4 Å². The van der Waals surface area contributed by atoms with Crippen molar-refractivity contribution in [1.82, 2.24) is 0 Å². The number of rotatable bonds is 4. The second-order valence-corrected chi connectivity index (χ2v) is 4.40. The fourth-order valence-electron chi connectivity index (χ4n) is 1.84. The van der Waals surface area contributed by atoms with Crippen molar-refractivity contribution in [3.63, 3.8) is 0 Å². The Balaban J connectivity index is 1.77. The standard InChI is InChI=1S/C16H14O4/c1-2-3-4-5-6-7-14-16(20-14)13(17)10-8-12-9-11-15(18)19-12/h1,5,7-8,10,12-14,16-17H,9,11H2/b10-8+/t6?,12-,13+,14-,16-/m0/s1. The maximum atomic E-state index is 10.9. The first-order valence-corrected chi connectivity index (χ1v) is 6.29. The lowest BCUT2D eigenvalue weighted by atomic mass is 10.1. The van der Waals surface area contributed by atoms with E-state index in [0.29, 0.717) is 12.8 Å². The molecule has 0 aromatic heterocycles. The number of carbonyl (C=O) groups excluding carboxylic acids is 1. The second kappa shape index (κ2) is 6.80. The summed E-state index contributed by atoms with van der Waals surface area (Å²) in [7, 11) is 0. The average Bonchev–Trinajstić information content (AvgIpc) is 3.10. The number of carbonyl (C=O) groups is 1. The van der Waals surface area contributed by atoms with E-state index in [9.17, 15) is 9.90 Å². The fraction of sp³-hybridized carbons (Fsp3) is 0.375. The first-order chi connectivity index (χ1) is 9.70. The van der Waals surface area contributed by atoms with Crippen LogP contribution >= 0.6 is 0 Å². The number of cyclic esters (lactones) is 1. The molecule has 2 aliphatic heterocycles. The van der Waals surface area contributed by atoms with Gasteiger partial charge in [-0.2, -0.15) is 0 Å². The molecule has 4 heteroatoms. The lowest BCUT2D eigenvalue weighted by Crippen LogP contribution is -2.14. The zero-order chi connectivity index (χ0) is 14.4. The van der Waals surface area contributed by atoms with Crippen LogP contribution in [0.3, 0.4) is 0 Å². The van der Waals surface area contributed by atoms with E-state index in [1.165, 1.54) is 6.08 Å². The number of esters is 1. The van der Waals surface area contributed by atoms with E-state index in [2.05, 4.69) is 23.5 Å². The van der Waals surface area contributed by atoms with Gasteiger partial charge in [-0.25, -0.2) is 0 Å². The van der Waals surface area contributed by atoms with Gasteiger partial charge in [0.15, 0.2) is 0 Å². The molecule has 2 heterocycles. The molecule has 0 aromatic rings. The van der Waals surface area contributed by atoms with Crippen LogP contribution in [0.2, 0.25) is 0 Å². The number of hydrogen-bond donors (Lipinski definition) is 1. The Morgan fingerprint density at radius 2 is 2.35 bits per heavy atom. The molecule has 0 saturated carbocycles. The Labute approximate surface area is 117 Å². The molecule has 4 atom stereocenters. The van der Waals surface area contributed by atoms with Gasteiger partial charge < -0.3 is 14.6 Å². The topological polar surface area (TPSA) is 59.1 Å². The van der Waals surface area contributed by atoms with Crippen LogP contribution in [0.4, 0.5) is 0 Å². The van der Waals surface area contributed by atoms with Crippen molar-refractivity contribution in [3.8, 4) is 24.2 Å². The third kappa shape index (κ3) is 4.16. The summed E-state index contributed by atoms with van der Waals surface area (Å²) in [6, 6.07) is 0. The predicted octanol–water partition coefficient (Wildman–Crippen LogP) is 0.724. The highest BCUT2D eigenvalue weighted by Gasteiger charge is 2.41. The highest BCUT2D eigenvalue weighted by atomic mass is 16.6. The Bertz CT molecular complexity index is 564. The van der Waals surface area contributed by atoms with Crippen LogP contribution < -0.4 is 0 Å². The molecular weight excluding hydrogens is 256 g/mol. The van der Waals surface area contributed by atoms with E-state index < -0.39 is 6.10 Å². The minimum absolute atomic E-state index is 0.176. The minimum Gasteiger partial charge on any atom is -0.458 e. The molecule has 0 bridgehead atoms. The van der Waals surface area contributed by atoms with E-state index in [-0.39, 0.29) is 24.3 Å². The van der Waals surface area contributed by atoms with E-state index in [0.717, 1.165) is 0 Å². The molecule has 20 heavy (non-hydrogen) atoms. The first kappa shape index (κ1) is 14.2. The van der Waals surface area contributed by atoms with Gasteiger partial charge in [-0.3, -0.25) is 4.79 Å². The first-order valence-electron chi connectivity index (χ1n) is 6.29. The summed E-state index contributed by atoms with van der Waals surface area (Å²) in [6.07, 6.45) is 11.1. The quantitative estimate of drug-likeness (QED) is 0.269. The molecular formula is C16H14O4. The molecule has 0 aliphatic carbocycles. The van der Waals surface area contributed by atoms with Gasteiger partial charge in [-0.15, -0.1) is 12.2 Å². The number of terminal acetylenes is 1. The van der Waals surface area contributed by atoms with Gasteiger partial charge in [-0.1, -0.05) is 12.0 Å². The summed E-state index contributed by atoms with van der Waals surface area (Å²) < 4.78 is 10.3. The second-order valence-electron chi connectivity index (χ2n) is 4.40. The highest BCUT2D eigenvalue weighted by molar-refractivity contribution is 5.71. The van der Waals surface area contributed by atoms with Crippen molar-refractivity contribution in [2.75, 3.05) is 0 Å². The smallest absolute Gasteiger partial charge is 0.306 e. The molecule has 4 nitrogen and oxygen atoms in total. The van der Waals surface area contributed by atoms with E-state index in [4.69, 9.17) is 15.9 Å². The van der Waals surface area contributed by atoms with Gasteiger partial charge in [-0.05, 0) is 30.4 Å². The van der Waals surface area contributed by atoms with Gasteiger partial charge >= 0.3 is 5.97 Å². The van der Waals surface area contributed by atoms with Crippen molar-refractivity contribution in [3.05, 3.63) is 30.0 Å². The summed E-state index contributed by atoms with van der Waals surface area (Å²) in [5.74, 6) is 7.01. The molecule has 2 aliphatic rings. The Hall–Kier alpha value is -2.23. The van der Waals surface area contributed by atoms with Crippen molar-refractivity contribution in [1.29, 1.82) is 0 Å². The molecule has 0 radical (unpaired) electrons. The SMILES string of the molecule is C#CC#CC=C=C[C@@H]1O[C@H]1[C@H](O)/C=C/[C@H]1CCC(=O)O1. The summed E-state index contributed by atoms with van der Waals surface area (Å²) in [5.41, 5.74) is 2.82. The van der Waals surface area contributed by atoms with Crippen LogP contribution in [0.25, 0.3) is 0 Å². The molecule has 2 rings (SSSR count). The number of hydrogen-bond acceptors (Lipinski definition) is 4. The molecule has 2 saturated heterocycles. The number of aliphatic hydroxyl groups excluding tert-OH is 1. The molecule has 0 amide bonds. The van der Waals surface area contributed by atoms with Crippen LogP contribution in [0.1, 0.15) is 12.8 Å². The Morgan fingerprint density at radius 1 is 1.50 bits per heavy atom. The van der Waals surface area contributed by atoms with Crippen LogP contribution in [0.15, 0.2) is 30.0 Å². The minimum atomic E-state index is -0.728. The van der Waals surface area contributed by atoms with E-state index in [1.807, 2.05) is 0 Å². The van der Waals surface area contributed by atoms with E-state index >= 15 is 0 Å². The zero-order valence-electron chi connectivity index (χ0n) is 10.8. The Morgan fingerprint density at radius 3 is 3.05 bits per heavy atom. The maximum Gasteiger partial charge on any atom is 0.306 e. The number of epoxide rings is 1. The predicted molar refractivity (Wildman–Crippen MR) is 72.2 cm³/mol. The molecule has 1 N–H and O–H groups in total. The summed E-state index contributed by atoms with van der Waals surface area (Å²) in [5, 5.41) is 9.86. The Kier molecular flexibility index (Phi) is 4.82. The maximum absolute atomic E-state index is 10.9. The fourth-order valence-corrected chi connectivity index (χ4v) is 1.84. The lowest BCUT2D eigenvalue weighted by molar-refractivity contribution is -0.140. The van der Waals surface area contributed by atoms with Crippen molar-refractivity contribution >= 4 is 5.97 Å². The monoisotopic (exact) mass is 270 g/mol.